The fourth-order valence-electron chi connectivity index (χ4n) is 1.76. The van der Waals surface area contributed by atoms with Crippen LogP contribution in [0.5, 0.6) is 5.75 Å². The zero-order chi connectivity index (χ0) is 15.2. The number of carbonyl (C=O) groups is 1. The van der Waals surface area contributed by atoms with E-state index in [4.69, 9.17) is 9.84 Å². The van der Waals surface area contributed by atoms with E-state index in [9.17, 15) is 14.9 Å². The number of hydrogen-bond donors (Lipinski definition) is 1. The molecule has 0 aliphatic carbocycles. The summed E-state index contributed by atoms with van der Waals surface area (Å²) in [4.78, 5) is 20.6. The third kappa shape index (κ3) is 4.31. The first kappa shape index (κ1) is 14.5. The summed E-state index contributed by atoms with van der Waals surface area (Å²) >= 11 is 0. The van der Waals surface area contributed by atoms with E-state index in [0.717, 1.165) is 5.56 Å². The van der Waals surface area contributed by atoms with Gasteiger partial charge in [0, 0.05) is 12.1 Å². The lowest BCUT2D eigenvalue weighted by Gasteiger charge is -2.06. The average Bonchev–Trinajstić information content (AvgIpc) is 2.46. The van der Waals surface area contributed by atoms with Crippen LogP contribution in [0, 0.1) is 10.1 Å². The van der Waals surface area contributed by atoms with Gasteiger partial charge in [-0.2, -0.15) is 0 Å². The standard InChI is InChI=1S/C15H13NO5/c17-15(18)9-11-3-7-14(8-4-11)21-10-12-1-5-13(6-2-12)16(19)20/h1-8H,9-10H2,(H,17,18). The highest BCUT2D eigenvalue weighted by atomic mass is 16.6. The molecular weight excluding hydrogens is 274 g/mol. The van der Waals surface area contributed by atoms with Gasteiger partial charge in [0.05, 0.1) is 11.3 Å². The summed E-state index contributed by atoms with van der Waals surface area (Å²) in [5.41, 5.74) is 1.55. The second-order valence-corrected chi connectivity index (χ2v) is 4.43. The summed E-state index contributed by atoms with van der Waals surface area (Å²) in [6.07, 6.45) is -0.0252. The van der Waals surface area contributed by atoms with Crippen molar-refractivity contribution in [1.29, 1.82) is 0 Å². The van der Waals surface area contributed by atoms with E-state index in [1.54, 1.807) is 36.4 Å². The number of hydrogen-bond acceptors (Lipinski definition) is 4. The molecular formula is C15H13NO5. The Hall–Kier alpha value is -2.89. The number of carboxylic acid groups (broad SMARTS) is 1. The molecule has 0 bridgehead atoms. The Kier molecular flexibility index (Phi) is 4.50. The van der Waals surface area contributed by atoms with E-state index in [2.05, 4.69) is 0 Å². The Bertz CT molecular complexity index is 634. The summed E-state index contributed by atoms with van der Waals surface area (Å²) in [6, 6.07) is 12.9. The Morgan fingerprint density at radius 3 is 2.14 bits per heavy atom. The van der Waals surface area contributed by atoms with Crippen molar-refractivity contribution in [2.75, 3.05) is 0 Å². The molecule has 6 nitrogen and oxygen atoms in total. The van der Waals surface area contributed by atoms with Crippen molar-refractivity contribution in [3.8, 4) is 5.75 Å². The number of benzene rings is 2. The van der Waals surface area contributed by atoms with Gasteiger partial charge < -0.3 is 9.84 Å². The smallest absolute Gasteiger partial charge is 0.307 e. The lowest BCUT2D eigenvalue weighted by atomic mass is 10.1. The maximum Gasteiger partial charge on any atom is 0.307 e. The summed E-state index contributed by atoms with van der Waals surface area (Å²) in [5.74, 6) is -0.267. The van der Waals surface area contributed by atoms with Crippen LogP contribution in [-0.2, 0) is 17.8 Å². The van der Waals surface area contributed by atoms with Crippen molar-refractivity contribution in [3.63, 3.8) is 0 Å². The van der Waals surface area contributed by atoms with E-state index < -0.39 is 10.9 Å². The minimum Gasteiger partial charge on any atom is -0.489 e. The van der Waals surface area contributed by atoms with Gasteiger partial charge in [0.15, 0.2) is 0 Å². The Morgan fingerprint density at radius 1 is 1.05 bits per heavy atom. The molecule has 0 fully saturated rings. The lowest BCUT2D eigenvalue weighted by Crippen LogP contribution is -2.00. The molecule has 0 atom stereocenters. The van der Waals surface area contributed by atoms with Crippen molar-refractivity contribution in [3.05, 3.63) is 69.8 Å². The molecule has 0 amide bonds. The van der Waals surface area contributed by atoms with Crippen molar-refractivity contribution < 1.29 is 19.6 Å². The quantitative estimate of drug-likeness (QED) is 0.651. The minimum absolute atomic E-state index is 0.0252. The molecule has 0 saturated heterocycles. The van der Waals surface area contributed by atoms with Crippen LogP contribution in [0.15, 0.2) is 48.5 Å². The number of rotatable bonds is 6. The van der Waals surface area contributed by atoms with Crippen LogP contribution in [0.4, 0.5) is 5.69 Å². The highest BCUT2D eigenvalue weighted by molar-refractivity contribution is 5.70. The number of aliphatic carboxylic acids is 1. The van der Waals surface area contributed by atoms with E-state index in [0.29, 0.717) is 11.3 Å². The average molecular weight is 287 g/mol. The molecule has 1 N–H and O–H groups in total. The molecule has 0 heterocycles. The van der Waals surface area contributed by atoms with E-state index >= 15 is 0 Å². The maximum atomic E-state index is 10.6. The first-order valence-corrected chi connectivity index (χ1v) is 6.21. The van der Waals surface area contributed by atoms with Gasteiger partial charge in [-0.15, -0.1) is 0 Å². The van der Waals surface area contributed by atoms with Gasteiger partial charge in [0.2, 0.25) is 0 Å². The molecule has 108 valence electrons. The van der Waals surface area contributed by atoms with Crippen molar-refractivity contribution in [1.82, 2.24) is 0 Å². The normalized spacial score (nSPS) is 10.1. The summed E-state index contributed by atoms with van der Waals surface area (Å²) in [7, 11) is 0. The van der Waals surface area contributed by atoms with Gasteiger partial charge in [-0.25, -0.2) is 0 Å². The first-order chi connectivity index (χ1) is 10.0. The van der Waals surface area contributed by atoms with Gasteiger partial charge in [0.1, 0.15) is 12.4 Å². The number of ether oxygens (including phenoxy) is 1. The zero-order valence-corrected chi connectivity index (χ0v) is 11.1. The molecule has 2 aromatic carbocycles. The van der Waals surface area contributed by atoms with Crippen molar-refractivity contribution in [2.45, 2.75) is 13.0 Å². The van der Waals surface area contributed by atoms with Crippen LogP contribution in [0.25, 0.3) is 0 Å². The van der Waals surface area contributed by atoms with Crippen LogP contribution in [0.2, 0.25) is 0 Å². The first-order valence-electron chi connectivity index (χ1n) is 6.21. The van der Waals surface area contributed by atoms with Gasteiger partial charge in [0.25, 0.3) is 5.69 Å². The van der Waals surface area contributed by atoms with Crippen LogP contribution in [0.3, 0.4) is 0 Å². The minimum atomic E-state index is -0.880. The Labute approximate surface area is 120 Å². The molecule has 0 saturated carbocycles. The number of carboxylic acids is 1. The number of non-ortho nitro benzene ring substituents is 1. The summed E-state index contributed by atoms with van der Waals surface area (Å²) in [6.45, 7) is 0.288. The second-order valence-electron chi connectivity index (χ2n) is 4.43. The number of nitro benzene ring substituents is 1. The number of nitrogens with zero attached hydrogens (tertiary/aromatic N) is 1. The zero-order valence-electron chi connectivity index (χ0n) is 11.1. The number of nitro groups is 1. The topological polar surface area (TPSA) is 89.7 Å². The molecule has 0 aliphatic rings. The molecule has 21 heavy (non-hydrogen) atoms. The highest BCUT2D eigenvalue weighted by Crippen LogP contribution is 2.16. The summed E-state index contributed by atoms with van der Waals surface area (Å²) in [5, 5.41) is 19.2. The predicted molar refractivity (Wildman–Crippen MR) is 75.2 cm³/mol. The predicted octanol–water partition coefficient (Wildman–Crippen LogP) is 2.80. The second kappa shape index (κ2) is 6.51. The fraction of sp³-hybridized carbons (Fsp3) is 0.133. The van der Waals surface area contributed by atoms with E-state index in [-0.39, 0.29) is 18.7 Å². The molecule has 0 spiro atoms. The largest absolute Gasteiger partial charge is 0.489 e. The van der Waals surface area contributed by atoms with Crippen LogP contribution in [-0.4, -0.2) is 16.0 Å². The van der Waals surface area contributed by atoms with E-state index in [1.165, 1.54) is 12.1 Å². The molecule has 0 aliphatic heterocycles. The highest BCUT2D eigenvalue weighted by Gasteiger charge is 2.05. The maximum absolute atomic E-state index is 10.6. The third-order valence-electron chi connectivity index (χ3n) is 2.83. The van der Waals surface area contributed by atoms with Crippen molar-refractivity contribution in [2.24, 2.45) is 0 Å². The molecule has 0 aromatic heterocycles. The van der Waals surface area contributed by atoms with Gasteiger partial charge in [-0.05, 0) is 35.4 Å². The fourth-order valence-corrected chi connectivity index (χ4v) is 1.76. The van der Waals surface area contributed by atoms with Crippen LogP contribution in [0.1, 0.15) is 11.1 Å². The van der Waals surface area contributed by atoms with E-state index in [1.807, 2.05) is 0 Å². The molecule has 2 aromatic rings. The van der Waals surface area contributed by atoms with Crippen LogP contribution < -0.4 is 4.74 Å². The van der Waals surface area contributed by atoms with Gasteiger partial charge in [-0.3, -0.25) is 14.9 Å². The van der Waals surface area contributed by atoms with Crippen LogP contribution >= 0.6 is 0 Å². The lowest BCUT2D eigenvalue weighted by molar-refractivity contribution is -0.384. The summed E-state index contributed by atoms with van der Waals surface area (Å²) < 4.78 is 5.54. The third-order valence-corrected chi connectivity index (χ3v) is 2.83. The SMILES string of the molecule is O=C(O)Cc1ccc(OCc2ccc([N+](=O)[O-])cc2)cc1. The Morgan fingerprint density at radius 2 is 1.62 bits per heavy atom. The monoisotopic (exact) mass is 287 g/mol. The van der Waals surface area contributed by atoms with Gasteiger partial charge in [-0.1, -0.05) is 12.1 Å². The molecule has 2 rings (SSSR count). The molecule has 0 radical (unpaired) electrons. The van der Waals surface area contributed by atoms with Gasteiger partial charge >= 0.3 is 5.97 Å². The molecule has 0 unspecified atom stereocenters. The molecule has 6 heteroatoms. The Balaban J connectivity index is 1.93. The van der Waals surface area contributed by atoms with Crippen molar-refractivity contribution >= 4 is 11.7 Å².